The van der Waals surface area contributed by atoms with E-state index in [4.69, 9.17) is 16.3 Å². The van der Waals surface area contributed by atoms with E-state index in [1.165, 1.54) is 5.39 Å². The van der Waals surface area contributed by atoms with Crippen molar-refractivity contribution in [3.63, 3.8) is 0 Å². The molecule has 1 amide bonds. The summed E-state index contributed by atoms with van der Waals surface area (Å²) in [6.45, 7) is 8.92. The summed E-state index contributed by atoms with van der Waals surface area (Å²) >= 11 is 6.63. The van der Waals surface area contributed by atoms with Crippen LogP contribution in [0, 0.1) is 11.8 Å². The number of fused-ring (bicyclic) bond motifs is 2. The second-order valence-electron chi connectivity index (χ2n) is 9.97. The lowest BCUT2D eigenvalue weighted by Crippen LogP contribution is -2.41. The Kier molecular flexibility index (Phi) is 7.72. The van der Waals surface area contributed by atoms with Crippen molar-refractivity contribution in [3.05, 3.63) is 58.7 Å². The van der Waals surface area contributed by atoms with E-state index in [-0.39, 0.29) is 11.8 Å². The molecule has 0 aliphatic carbocycles. The number of anilines is 1. The van der Waals surface area contributed by atoms with Crippen LogP contribution in [0.2, 0.25) is 5.02 Å². The molecule has 0 radical (unpaired) electrons. The molecule has 1 aliphatic heterocycles. The lowest BCUT2D eigenvalue weighted by molar-refractivity contribution is -0.135. The van der Waals surface area contributed by atoms with Crippen molar-refractivity contribution in [3.8, 4) is 5.75 Å². The molecule has 3 aromatic rings. The number of aromatic amines is 1. The molecule has 5 nitrogen and oxygen atoms in total. The molecule has 0 fully saturated rings. The van der Waals surface area contributed by atoms with E-state index in [0.717, 1.165) is 59.0 Å². The summed E-state index contributed by atoms with van der Waals surface area (Å²) in [5.41, 5.74) is 4.32. The molecule has 1 atom stereocenters. The van der Waals surface area contributed by atoms with Gasteiger partial charge in [-0.15, -0.1) is 0 Å². The number of para-hydroxylation sites is 1. The number of halogens is 1. The Morgan fingerprint density at radius 2 is 1.97 bits per heavy atom. The van der Waals surface area contributed by atoms with Crippen molar-refractivity contribution in [1.82, 2.24) is 9.88 Å². The summed E-state index contributed by atoms with van der Waals surface area (Å²) in [4.78, 5) is 21.1. The smallest absolute Gasteiger partial charge is 0.227 e. The highest BCUT2D eigenvalue weighted by Crippen LogP contribution is 2.33. The van der Waals surface area contributed by atoms with Gasteiger partial charge in [-0.1, -0.05) is 44.5 Å². The van der Waals surface area contributed by atoms with Crippen LogP contribution in [-0.4, -0.2) is 42.5 Å². The molecule has 0 saturated heterocycles. The highest BCUT2D eigenvalue weighted by Gasteiger charge is 2.24. The Labute approximate surface area is 208 Å². The van der Waals surface area contributed by atoms with Crippen LogP contribution < -0.4 is 9.64 Å². The van der Waals surface area contributed by atoms with Crippen LogP contribution in [-0.2, 0) is 17.8 Å². The molecule has 2 aromatic carbocycles. The molecule has 1 aliphatic rings. The molecule has 34 heavy (non-hydrogen) atoms. The average Bonchev–Trinajstić information content (AvgIpc) is 3.15. The minimum atomic E-state index is -0.151. The molecule has 6 heteroatoms. The van der Waals surface area contributed by atoms with Gasteiger partial charge in [0.25, 0.3) is 0 Å². The third-order valence-corrected chi connectivity index (χ3v) is 6.85. The first-order valence-corrected chi connectivity index (χ1v) is 12.7. The topological polar surface area (TPSA) is 48.6 Å². The molecule has 1 N–H and O–H groups in total. The maximum absolute atomic E-state index is 13.6. The first kappa shape index (κ1) is 24.5. The van der Waals surface area contributed by atoms with Crippen LogP contribution in [0.1, 0.15) is 44.7 Å². The largest absolute Gasteiger partial charge is 0.493 e. The number of carbonyl (C=O) groups excluding carboxylic acids is 1. The van der Waals surface area contributed by atoms with Crippen molar-refractivity contribution in [2.45, 2.75) is 46.6 Å². The predicted molar refractivity (Wildman–Crippen MR) is 141 cm³/mol. The fraction of sp³-hybridized carbons (Fsp3) is 0.464. The van der Waals surface area contributed by atoms with Crippen molar-refractivity contribution in [2.75, 3.05) is 31.6 Å². The second kappa shape index (κ2) is 10.7. The van der Waals surface area contributed by atoms with Gasteiger partial charge >= 0.3 is 0 Å². The van der Waals surface area contributed by atoms with E-state index in [1.807, 2.05) is 24.1 Å². The minimum absolute atomic E-state index is 0.151. The number of H-pyrrole nitrogens is 1. The van der Waals surface area contributed by atoms with Crippen molar-refractivity contribution in [1.29, 1.82) is 0 Å². The lowest BCUT2D eigenvalue weighted by Gasteiger charge is -2.30. The summed E-state index contributed by atoms with van der Waals surface area (Å²) in [7, 11) is 2.05. The zero-order valence-corrected chi connectivity index (χ0v) is 21.5. The SMILES string of the molecule is CC(C)CN(Cc1cc(Cl)c2c(c1)OCCCC2)C(=O)C(C)CN(C)c1cccc2cc[nH]c12. The van der Waals surface area contributed by atoms with E-state index in [9.17, 15) is 4.79 Å². The van der Waals surface area contributed by atoms with Gasteiger partial charge in [0.05, 0.1) is 23.7 Å². The van der Waals surface area contributed by atoms with Gasteiger partial charge in [0.15, 0.2) is 0 Å². The number of ether oxygens (including phenoxy) is 1. The lowest BCUT2D eigenvalue weighted by atomic mass is 10.0. The molecule has 0 spiro atoms. The van der Waals surface area contributed by atoms with E-state index < -0.39 is 0 Å². The maximum Gasteiger partial charge on any atom is 0.227 e. The number of nitrogens with one attached hydrogen (secondary N) is 1. The zero-order chi connectivity index (χ0) is 24.2. The van der Waals surface area contributed by atoms with Crippen LogP contribution in [0.15, 0.2) is 42.6 Å². The maximum atomic E-state index is 13.6. The molecule has 1 unspecified atom stereocenters. The minimum Gasteiger partial charge on any atom is -0.493 e. The fourth-order valence-corrected chi connectivity index (χ4v) is 5.22. The van der Waals surface area contributed by atoms with Gasteiger partial charge < -0.3 is 19.5 Å². The van der Waals surface area contributed by atoms with Gasteiger partial charge in [-0.3, -0.25) is 4.79 Å². The third kappa shape index (κ3) is 5.52. The third-order valence-electron chi connectivity index (χ3n) is 6.51. The van der Waals surface area contributed by atoms with Gasteiger partial charge in [-0.25, -0.2) is 0 Å². The number of benzene rings is 2. The number of hydrogen-bond donors (Lipinski definition) is 1. The van der Waals surface area contributed by atoms with E-state index in [2.05, 4.69) is 61.1 Å². The Morgan fingerprint density at radius 1 is 1.15 bits per heavy atom. The first-order chi connectivity index (χ1) is 16.3. The van der Waals surface area contributed by atoms with Gasteiger partial charge in [-0.05, 0) is 55.0 Å². The first-order valence-electron chi connectivity index (χ1n) is 12.3. The van der Waals surface area contributed by atoms with Gasteiger partial charge in [0.1, 0.15) is 5.75 Å². The number of rotatable bonds is 8. The van der Waals surface area contributed by atoms with E-state index >= 15 is 0 Å². The van der Waals surface area contributed by atoms with E-state index in [1.54, 1.807) is 0 Å². The van der Waals surface area contributed by atoms with Crippen LogP contribution in [0.4, 0.5) is 5.69 Å². The van der Waals surface area contributed by atoms with Crippen LogP contribution in [0.5, 0.6) is 5.75 Å². The standard InChI is InChI=1S/C28H36ClN3O2/c1-19(2)16-32(18-21-14-24(29)23-9-5-6-13-34-26(23)15-21)28(33)20(3)17-31(4)25-10-7-8-22-11-12-30-27(22)25/h7-8,10-12,14-15,19-20,30H,5-6,9,13,16-18H2,1-4H3. The van der Waals surface area contributed by atoms with E-state index in [0.29, 0.717) is 25.6 Å². The molecule has 0 bridgehead atoms. The molecule has 0 saturated carbocycles. The number of carbonyl (C=O) groups is 1. The molecule has 2 heterocycles. The van der Waals surface area contributed by atoms with Gasteiger partial charge in [0, 0.05) is 48.9 Å². The number of nitrogens with zero attached hydrogens (tertiary/aromatic N) is 2. The monoisotopic (exact) mass is 481 g/mol. The summed E-state index contributed by atoms with van der Waals surface area (Å²) in [6, 6.07) is 12.4. The van der Waals surface area contributed by atoms with Crippen molar-refractivity contribution >= 4 is 34.1 Å². The quantitative estimate of drug-likeness (QED) is 0.411. The average molecular weight is 482 g/mol. The van der Waals surface area contributed by atoms with Gasteiger partial charge in [0.2, 0.25) is 5.91 Å². The number of amides is 1. The number of aromatic nitrogens is 1. The Bertz CT molecular complexity index is 1140. The Hall–Kier alpha value is -2.66. The molecule has 182 valence electrons. The zero-order valence-electron chi connectivity index (χ0n) is 20.7. The molecule has 1 aromatic heterocycles. The Balaban J connectivity index is 1.50. The molecular formula is C28H36ClN3O2. The summed E-state index contributed by atoms with van der Waals surface area (Å²) in [5.74, 6) is 1.26. The second-order valence-corrected chi connectivity index (χ2v) is 10.4. The van der Waals surface area contributed by atoms with Crippen LogP contribution >= 0.6 is 11.6 Å². The van der Waals surface area contributed by atoms with Gasteiger partial charge in [-0.2, -0.15) is 0 Å². The normalized spacial score (nSPS) is 14.4. The number of hydrogen-bond acceptors (Lipinski definition) is 3. The molecular weight excluding hydrogens is 446 g/mol. The summed E-state index contributed by atoms with van der Waals surface area (Å²) < 4.78 is 5.97. The van der Waals surface area contributed by atoms with Crippen LogP contribution in [0.25, 0.3) is 10.9 Å². The fourth-order valence-electron chi connectivity index (χ4n) is 4.89. The predicted octanol–water partition coefficient (Wildman–Crippen LogP) is 6.29. The van der Waals surface area contributed by atoms with Crippen LogP contribution in [0.3, 0.4) is 0 Å². The highest BCUT2D eigenvalue weighted by molar-refractivity contribution is 6.31. The molecule has 4 rings (SSSR count). The summed E-state index contributed by atoms with van der Waals surface area (Å²) in [5, 5.41) is 1.92. The van der Waals surface area contributed by atoms with Crippen molar-refractivity contribution < 1.29 is 9.53 Å². The Morgan fingerprint density at radius 3 is 2.76 bits per heavy atom. The summed E-state index contributed by atoms with van der Waals surface area (Å²) in [6.07, 6.45) is 5.03. The van der Waals surface area contributed by atoms with Crippen molar-refractivity contribution in [2.24, 2.45) is 11.8 Å². The highest BCUT2D eigenvalue weighted by atomic mass is 35.5.